The summed E-state index contributed by atoms with van der Waals surface area (Å²) in [6.07, 6.45) is 0. The van der Waals surface area contributed by atoms with Gasteiger partial charge in [-0.05, 0) is 40.5 Å². The van der Waals surface area contributed by atoms with Crippen molar-refractivity contribution in [1.29, 1.82) is 0 Å². The topological polar surface area (TPSA) is 37.0 Å². The molecule has 0 saturated heterocycles. The molecule has 0 atom stereocenters. The van der Waals surface area contributed by atoms with E-state index in [-0.39, 0.29) is 0 Å². The predicted molar refractivity (Wildman–Crippen MR) is 86.0 cm³/mol. The van der Waals surface area contributed by atoms with Crippen LogP contribution in [0.2, 0.25) is 10.0 Å². The summed E-state index contributed by atoms with van der Waals surface area (Å²) >= 11 is 15.7. The number of rotatable bonds is 3. The van der Waals surface area contributed by atoms with Gasteiger partial charge in [0.2, 0.25) is 0 Å². The lowest BCUT2D eigenvalue weighted by Crippen LogP contribution is -2.00. The molecular formula is C13H12BrCl2N3. The molecule has 0 aliphatic rings. The van der Waals surface area contributed by atoms with E-state index < -0.39 is 0 Å². The van der Waals surface area contributed by atoms with Crippen molar-refractivity contribution in [3.05, 3.63) is 44.3 Å². The van der Waals surface area contributed by atoms with Gasteiger partial charge in [-0.3, -0.25) is 0 Å². The van der Waals surface area contributed by atoms with E-state index in [0.29, 0.717) is 21.7 Å². The van der Waals surface area contributed by atoms with E-state index in [2.05, 4.69) is 31.5 Å². The summed E-state index contributed by atoms with van der Waals surface area (Å²) in [6, 6.07) is 7.59. The molecule has 0 fully saturated rings. The number of halogens is 3. The maximum Gasteiger partial charge on any atom is 0.151 e. The fourth-order valence-corrected chi connectivity index (χ4v) is 2.46. The maximum atomic E-state index is 6.15. The third-order valence-electron chi connectivity index (χ3n) is 2.61. The fraction of sp³-hybridized carbons (Fsp3) is 0.154. The summed E-state index contributed by atoms with van der Waals surface area (Å²) in [6.45, 7) is 2.02. The first kappa shape index (κ1) is 14.4. The molecule has 2 aromatic rings. The molecule has 2 N–H and O–H groups in total. The van der Waals surface area contributed by atoms with Crippen LogP contribution in [0, 0.1) is 6.92 Å². The van der Waals surface area contributed by atoms with E-state index >= 15 is 0 Å². The molecule has 0 unspecified atom stereocenters. The van der Waals surface area contributed by atoms with Crippen LogP contribution in [0.1, 0.15) is 5.56 Å². The molecule has 0 saturated carbocycles. The molecule has 0 aliphatic carbocycles. The first-order chi connectivity index (χ1) is 9.02. The standard InChI is InChI=1S/C13H12BrCl2N3/c1-7-4-3-5-10(11(7)14)18-13-9(16)6-8(15)12(17-2)19-13/h3-6H,1-2H3,(H2,17,18,19). The summed E-state index contributed by atoms with van der Waals surface area (Å²) < 4.78 is 0.980. The molecule has 3 nitrogen and oxygen atoms in total. The molecule has 1 aromatic carbocycles. The highest BCUT2D eigenvalue weighted by Crippen LogP contribution is 2.33. The Kier molecular flexibility index (Phi) is 4.55. The van der Waals surface area contributed by atoms with Crippen molar-refractivity contribution in [1.82, 2.24) is 4.98 Å². The van der Waals surface area contributed by atoms with Crippen LogP contribution in [0.4, 0.5) is 17.3 Å². The molecule has 6 heteroatoms. The first-order valence-corrected chi connectivity index (χ1v) is 7.13. The van der Waals surface area contributed by atoms with Gasteiger partial charge in [0.25, 0.3) is 0 Å². The zero-order valence-electron chi connectivity index (χ0n) is 10.4. The predicted octanol–water partition coefficient (Wildman–Crippen LogP) is 5.24. The average Bonchev–Trinajstić information content (AvgIpc) is 2.38. The number of nitrogens with one attached hydrogen (secondary N) is 2. The number of hydrogen-bond acceptors (Lipinski definition) is 3. The molecule has 100 valence electrons. The van der Waals surface area contributed by atoms with E-state index in [4.69, 9.17) is 23.2 Å². The number of hydrogen-bond donors (Lipinski definition) is 2. The second kappa shape index (κ2) is 5.99. The van der Waals surface area contributed by atoms with Gasteiger partial charge >= 0.3 is 0 Å². The lowest BCUT2D eigenvalue weighted by atomic mass is 10.2. The van der Waals surface area contributed by atoms with E-state index in [1.54, 1.807) is 13.1 Å². The molecule has 19 heavy (non-hydrogen) atoms. The number of anilines is 3. The molecule has 0 spiro atoms. The molecular weight excluding hydrogens is 349 g/mol. The number of aryl methyl sites for hydroxylation is 1. The fourth-order valence-electron chi connectivity index (χ4n) is 1.60. The van der Waals surface area contributed by atoms with Crippen LogP contribution in [-0.2, 0) is 0 Å². The van der Waals surface area contributed by atoms with Crippen LogP contribution in [0.15, 0.2) is 28.7 Å². The number of nitrogens with zero attached hydrogens (tertiary/aromatic N) is 1. The van der Waals surface area contributed by atoms with Gasteiger partial charge in [0.1, 0.15) is 5.82 Å². The van der Waals surface area contributed by atoms with Gasteiger partial charge in [0.15, 0.2) is 5.82 Å². The molecule has 0 aliphatic heterocycles. The Morgan fingerprint density at radius 1 is 1.16 bits per heavy atom. The zero-order chi connectivity index (χ0) is 14.0. The van der Waals surface area contributed by atoms with E-state index in [1.807, 2.05) is 25.1 Å². The minimum Gasteiger partial charge on any atom is -0.372 e. The van der Waals surface area contributed by atoms with Crippen molar-refractivity contribution in [2.45, 2.75) is 6.92 Å². The highest BCUT2D eigenvalue weighted by molar-refractivity contribution is 9.10. The van der Waals surface area contributed by atoms with Gasteiger partial charge in [-0.1, -0.05) is 35.3 Å². The largest absolute Gasteiger partial charge is 0.372 e. The molecule has 0 bridgehead atoms. The van der Waals surface area contributed by atoms with Gasteiger partial charge in [-0.25, -0.2) is 4.98 Å². The second-order valence-corrected chi connectivity index (χ2v) is 5.57. The van der Waals surface area contributed by atoms with E-state index in [9.17, 15) is 0 Å². The van der Waals surface area contributed by atoms with Crippen molar-refractivity contribution in [2.24, 2.45) is 0 Å². The van der Waals surface area contributed by atoms with Gasteiger partial charge in [0, 0.05) is 11.5 Å². The number of benzene rings is 1. The van der Waals surface area contributed by atoms with Gasteiger partial charge < -0.3 is 10.6 Å². The third-order valence-corrected chi connectivity index (χ3v) is 4.24. The van der Waals surface area contributed by atoms with E-state index in [0.717, 1.165) is 15.7 Å². The Bertz CT molecular complexity index is 617. The van der Waals surface area contributed by atoms with Crippen LogP contribution >= 0.6 is 39.1 Å². The smallest absolute Gasteiger partial charge is 0.151 e. The van der Waals surface area contributed by atoms with Crippen LogP contribution in [0.25, 0.3) is 0 Å². The van der Waals surface area contributed by atoms with Crippen LogP contribution in [0.3, 0.4) is 0 Å². The zero-order valence-corrected chi connectivity index (χ0v) is 13.5. The first-order valence-electron chi connectivity index (χ1n) is 5.59. The van der Waals surface area contributed by atoms with Crippen molar-refractivity contribution in [3.63, 3.8) is 0 Å². The lowest BCUT2D eigenvalue weighted by molar-refractivity contribution is 1.27. The van der Waals surface area contributed by atoms with E-state index in [1.165, 1.54) is 0 Å². The van der Waals surface area contributed by atoms with Crippen LogP contribution in [-0.4, -0.2) is 12.0 Å². The average molecular weight is 361 g/mol. The minimum absolute atomic E-state index is 0.470. The minimum atomic E-state index is 0.470. The Labute approximate surface area is 130 Å². The second-order valence-electron chi connectivity index (χ2n) is 3.96. The molecule has 0 radical (unpaired) electrons. The van der Waals surface area contributed by atoms with Crippen LogP contribution in [0.5, 0.6) is 0 Å². The van der Waals surface area contributed by atoms with Gasteiger partial charge in [0.05, 0.1) is 15.7 Å². The summed E-state index contributed by atoms with van der Waals surface area (Å²) in [4.78, 5) is 4.35. The van der Waals surface area contributed by atoms with Gasteiger partial charge in [-0.2, -0.15) is 0 Å². The molecule has 1 aromatic heterocycles. The van der Waals surface area contributed by atoms with Crippen molar-refractivity contribution >= 4 is 56.5 Å². The molecule has 2 rings (SSSR count). The highest BCUT2D eigenvalue weighted by atomic mass is 79.9. The summed E-state index contributed by atoms with van der Waals surface area (Å²) in [5, 5.41) is 7.07. The van der Waals surface area contributed by atoms with Crippen molar-refractivity contribution in [3.8, 4) is 0 Å². The Morgan fingerprint density at radius 3 is 2.53 bits per heavy atom. The third kappa shape index (κ3) is 3.14. The van der Waals surface area contributed by atoms with Gasteiger partial charge in [-0.15, -0.1) is 0 Å². The summed E-state index contributed by atoms with van der Waals surface area (Å²) in [5.41, 5.74) is 2.03. The quantitative estimate of drug-likeness (QED) is 0.785. The maximum absolute atomic E-state index is 6.15. The Morgan fingerprint density at radius 2 is 1.84 bits per heavy atom. The Hall–Kier alpha value is -0.970. The molecule has 0 amide bonds. The Balaban J connectivity index is 2.41. The lowest BCUT2D eigenvalue weighted by Gasteiger charge is -2.13. The molecule has 1 heterocycles. The SMILES string of the molecule is CNc1nc(Nc2cccc(C)c2Br)c(Cl)cc1Cl. The monoisotopic (exact) mass is 359 g/mol. The normalized spacial score (nSPS) is 10.4. The summed E-state index contributed by atoms with van der Waals surface area (Å²) in [7, 11) is 1.76. The van der Waals surface area contributed by atoms with Crippen molar-refractivity contribution < 1.29 is 0 Å². The summed E-state index contributed by atoms with van der Waals surface area (Å²) in [5.74, 6) is 1.14. The van der Waals surface area contributed by atoms with Crippen LogP contribution < -0.4 is 10.6 Å². The number of pyridine rings is 1. The highest BCUT2D eigenvalue weighted by Gasteiger charge is 2.10. The number of aromatic nitrogens is 1. The van der Waals surface area contributed by atoms with Crippen molar-refractivity contribution in [2.75, 3.05) is 17.7 Å².